The quantitative estimate of drug-likeness (QED) is 0.653. The minimum atomic E-state index is -3.33. The first kappa shape index (κ1) is 20.3. The van der Waals surface area contributed by atoms with Crippen LogP contribution in [0.1, 0.15) is 35.6 Å². The van der Waals surface area contributed by atoms with Gasteiger partial charge in [0.25, 0.3) is 10.2 Å². The third-order valence-corrected chi connectivity index (χ3v) is 7.47. The molecule has 0 atom stereocenters. The largest absolute Gasteiger partial charge is 0.369 e. The lowest BCUT2D eigenvalue weighted by atomic mass is 9.86. The van der Waals surface area contributed by atoms with Gasteiger partial charge in [-0.15, -0.1) is 11.3 Å². The summed E-state index contributed by atoms with van der Waals surface area (Å²) >= 11 is 1.71. The van der Waals surface area contributed by atoms with Gasteiger partial charge < -0.3 is 10.3 Å². The monoisotopic (exact) mass is 411 g/mol. The van der Waals surface area contributed by atoms with Gasteiger partial charge in [0, 0.05) is 31.6 Å². The highest BCUT2D eigenvalue weighted by atomic mass is 32.2. The molecule has 7 nitrogen and oxygen atoms in total. The van der Waals surface area contributed by atoms with E-state index in [4.69, 9.17) is 0 Å². The summed E-state index contributed by atoms with van der Waals surface area (Å²) in [6.45, 7) is 4.64. The van der Waals surface area contributed by atoms with Gasteiger partial charge in [-0.25, -0.2) is 9.71 Å². The van der Waals surface area contributed by atoms with Gasteiger partial charge in [0.1, 0.15) is 11.5 Å². The van der Waals surface area contributed by atoms with E-state index in [1.807, 2.05) is 6.92 Å². The van der Waals surface area contributed by atoms with Gasteiger partial charge >= 0.3 is 0 Å². The van der Waals surface area contributed by atoms with Crippen LogP contribution in [0.15, 0.2) is 12.1 Å². The number of H-pyrrole nitrogens is 1. The summed E-state index contributed by atoms with van der Waals surface area (Å²) in [6, 6.07) is 4.56. The number of aryl methyl sites for hydroxylation is 2. The van der Waals surface area contributed by atoms with Crippen LogP contribution in [0.4, 0.5) is 5.82 Å². The molecule has 1 fully saturated rings. The van der Waals surface area contributed by atoms with E-state index in [1.165, 1.54) is 9.18 Å². The molecule has 3 N–H and O–H groups in total. The number of nitrogens with one attached hydrogen (secondary N) is 3. The van der Waals surface area contributed by atoms with E-state index in [-0.39, 0.29) is 0 Å². The van der Waals surface area contributed by atoms with Crippen LogP contribution in [0, 0.1) is 19.8 Å². The van der Waals surface area contributed by atoms with Gasteiger partial charge in [-0.1, -0.05) is 0 Å². The Labute approximate surface area is 165 Å². The van der Waals surface area contributed by atoms with Crippen LogP contribution >= 0.6 is 11.3 Å². The van der Waals surface area contributed by atoms with Gasteiger partial charge in [0.15, 0.2) is 0 Å². The second kappa shape index (κ2) is 8.30. The van der Waals surface area contributed by atoms with Crippen LogP contribution in [0.25, 0.3) is 11.4 Å². The Bertz CT molecular complexity index is 864. The maximum Gasteiger partial charge on any atom is 0.278 e. The molecule has 0 spiro atoms. The lowest BCUT2D eigenvalue weighted by molar-refractivity contribution is 0.335. The summed E-state index contributed by atoms with van der Waals surface area (Å²) in [5.41, 5.74) is 2.08. The van der Waals surface area contributed by atoms with Gasteiger partial charge in [-0.3, -0.25) is 0 Å². The molecule has 2 aromatic heterocycles. The number of nitrogens with zero attached hydrogens (tertiary/aromatic N) is 2. The van der Waals surface area contributed by atoms with E-state index in [0.29, 0.717) is 18.5 Å². The minimum absolute atomic E-state index is 0.401. The number of aromatic nitrogens is 2. The zero-order valence-electron chi connectivity index (χ0n) is 16.4. The first-order valence-electron chi connectivity index (χ1n) is 9.31. The maximum atomic E-state index is 11.8. The summed E-state index contributed by atoms with van der Waals surface area (Å²) < 4.78 is 27.5. The fraction of sp³-hybridized carbons (Fsp3) is 0.611. The van der Waals surface area contributed by atoms with E-state index >= 15 is 0 Å². The molecule has 0 unspecified atom stereocenters. The Kier molecular flexibility index (Phi) is 6.25. The van der Waals surface area contributed by atoms with Crippen LogP contribution in [0.5, 0.6) is 0 Å². The topological polar surface area (TPSA) is 90.1 Å². The van der Waals surface area contributed by atoms with Crippen molar-refractivity contribution in [1.29, 1.82) is 0 Å². The number of hydrogen-bond donors (Lipinski definition) is 3. The number of rotatable bonds is 7. The van der Waals surface area contributed by atoms with Crippen LogP contribution in [0.3, 0.4) is 0 Å². The zero-order valence-corrected chi connectivity index (χ0v) is 18.0. The molecule has 2 aromatic rings. The van der Waals surface area contributed by atoms with Crippen molar-refractivity contribution in [3.63, 3.8) is 0 Å². The number of hydrogen-bond acceptors (Lipinski definition) is 5. The van der Waals surface area contributed by atoms with E-state index in [9.17, 15) is 8.42 Å². The normalized spacial score (nSPS) is 20.9. The zero-order chi connectivity index (χ0) is 19.6. The van der Waals surface area contributed by atoms with Crippen molar-refractivity contribution in [2.75, 3.05) is 26.0 Å². The summed E-state index contributed by atoms with van der Waals surface area (Å²) in [4.78, 5) is 9.26. The summed E-state index contributed by atoms with van der Waals surface area (Å²) in [7, 11) is -0.240. The molecule has 0 aliphatic heterocycles. The van der Waals surface area contributed by atoms with E-state index < -0.39 is 10.2 Å². The second-order valence-corrected chi connectivity index (χ2v) is 10.8. The van der Waals surface area contributed by atoms with Crippen LogP contribution in [-0.4, -0.2) is 49.4 Å². The first-order chi connectivity index (χ1) is 12.7. The molecule has 1 saturated carbocycles. The van der Waals surface area contributed by atoms with E-state index in [2.05, 4.69) is 39.1 Å². The highest BCUT2D eigenvalue weighted by Gasteiger charge is 2.23. The van der Waals surface area contributed by atoms with Gasteiger partial charge in [0.2, 0.25) is 0 Å². The predicted molar refractivity (Wildman–Crippen MR) is 111 cm³/mol. The number of anilines is 1. The smallest absolute Gasteiger partial charge is 0.278 e. The maximum absolute atomic E-state index is 11.8. The van der Waals surface area contributed by atoms with Crippen molar-refractivity contribution in [3.05, 3.63) is 22.0 Å². The van der Waals surface area contributed by atoms with Crippen molar-refractivity contribution in [2.24, 2.45) is 5.92 Å². The Morgan fingerprint density at radius 1 is 1.22 bits per heavy atom. The molecule has 150 valence electrons. The number of aromatic amines is 1. The lowest BCUT2D eigenvalue weighted by Crippen LogP contribution is -2.39. The molecule has 9 heteroatoms. The van der Waals surface area contributed by atoms with Crippen molar-refractivity contribution in [3.8, 4) is 11.4 Å². The molecular formula is C18H29N5O2S2. The van der Waals surface area contributed by atoms with Crippen LogP contribution < -0.4 is 10.0 Å². The van der Waals surface area contributed by atoms with Gasteiger partial charge in [-0.05, 0) is 57.6 Å². The molecule has 27 heavy (non-hydrogen) atoms. The molecule has 0 amide bonds. The minimum Gasteiger partial charge on any atom is -0.369 e. The van der Waals surface area contributed by atoms with Crippen molar-refractivity contribution in [2.45, 2.75) is 45.6 Å². The summed E-state index contributed by atoms with van der Waals surface area (Å²) in [5.74, 6) is 1.42. The van der Waals surface area contributed by atoms with Crippen LogP contribution in [0.2, 0.25) is 0 Å². The van der Waals surface area contributed by atoms with E-state index in [1.54, 1.807) is 25.4 Å². The van der Waals surface area contributed by atoms with Gasteiger partial charge in [-0.2, -0.15) is 12.7 Å². The molecule has 0 aromatic carbocycles. The molecule has 0 saturated heterocycles. The Hall–Kier alpha value is -1.42. The molecule has 2 heterocycles. The highest BCUT2D eigenvalue weighted by molar-refractivity contribution is 7.87. The molecule has 3 rings (SSSR count). The fourth-order valence-corrected chi connectivity index (χ4v) is 5.02. The Morgan fingerprint density at radius 3 is 2.52 bits per heavy atom. The Balaban J connectivity index is 1.49. The lowest BCUT2D eigenvalue weighted by Gasteiger charge is -2.29. The van der Waals surface area contributed by atoms with E-state index in [0.717, 1.165) is 47.9 Å². The SMILES string of the molecule is Cc1nc(-c2ccc(N[C@H]3CC[C@H](CNS(=O)(=O)N(C)C)CC3)[nH]2)c(C)s1. The van der Waals surface area contributed by atoms with Crippen molar-refractivity contribution >= 4 is 27.4 Å². The third-order valence-electron chi connectivity index (χ3n) is 5.09. The highest BCUT2D eigenvalue weighted by Crippen LogP contribution is 2.29. The molecule has 0 bridgehead atoms. The molecule has 1 aliphatic rings. The molecule has 0 radical (unpaired) electrons. The predicted octanol–water partition coefficient (Wildman–Crippen LogP) is 3.12. The number of thiazole rings is 1. The summed E-state index contributed by atoms with van der Waals surface area (Å²) in [6.07, 6.45) is 4.12. The summed E-state index contributed by atoms with van der Waals surface area (Å²) in [5, 5.41) is 4.66. The molecular weight excluding hydrogens is 382 g/mol. The standard InChI is InChI=1S/C18H29N5O2S2/c1-12-18(20-13(2)26-12)16-9-10-17(22-16)21-15-7-5-14(6-8-15)11-19-27(24,25)23(3)4/h9-10,14-15,19,21-22H,5-8,11H2,1-4H3/t14-,15-. The van der Waals surface area contributed by atoms with Gasteiger partial charge in [0.05, 0.1) is 10.7 Å². The first-order valence-corrected chi connectivity index (χ1v) is 11.6. The van der Waals surface area contributed by atoms with Crippen molar-refractivity contribution in [1.82, 2.24) is 19.0 Å². The third kappa shape index (κ3) is 5.10. The Morgan fingerprint density at radius 2 is 1.93 bits per heavy atom. The average molecular weight is 412 g/mol. The van der Waals surface area contributed by atoms with Crippen molar-refractivity contribution < 1.29 is 8.42 Å². The molecule has 1 aliphatic carbocycles. The second-order valence-electron chi connectivity index (χ2n) is 7.42. The fourth-order valence-electron chi connectivity index (χ4n) is 3.48. The van der Waals surface area contributed by atoms with Crippen LogP contribution in [-0.2, 0) is 10.2 Å². The average Bonchev–Trinajstić information content (AvgIpc) is 3.20.